The highest BCUT2D eigenvalue weighted by molar-refractivity contribution is 6.17. The molecule has 1 spiro atoms. The molecule has 3 aromatic rings. The molecule has 6 rings (SSSR count). The number of amides is 1. The van der Waals surface area contributed by atoms with Gasteiger partial charge in [0.25, 0.3) is 0 Å². The average molecular weight is 561 g/mol. The van der Waals surface area contributed by atoms with Gasteiger partial charge in [0.15, 0.2) is 11.6 Å². The Morgan fingerprint density at radius 2 is 1.67 bits per heavy atom. The molecule has 0 bridgehead atoms. The van der Waals surface area contributed by atoms with E-state index in [0.717, 1.165) is 39.9 Å². The SMILES string of the molecule is CC1=C[C@H]2N(c3ccc(C)cc31)[C@H](C(=O)C(C)(C)C)[C@@H](C(=O)c1ccc(CC(C)C)cc1)[C@]21C(=O)Nc2ccccc21. The second-order valence-electron chi connectivity index (χ2n) is 13.8. The van der Waals surface area contributed by atoms with Gasteiger partial charge in [-0.2, -0.15) is 0 Å². The molecule has 1 fully saturated rings. The Kier molecular flexibility index (Phi) is 6.56. The Labute approximate surface area is 249 Å². The molecule has 216 valence electrons. The zero-order chi connectivity index (χ0) is 30.1. The molecule has 4 atom stereocenters. The van der Waals surface area contributed by atoms with Crippen LogP contribution in [0.25, 0.3) is 5.57 Å². The maximum atomic E-state index is 15.0. The van der Waals surface area contributed by atoms with Crippen LogP contribution in [0.1, 0.15) is 74.2 Å². The van der Waals surface area contributed by atoms with Crippen LogP contribution in [-0.2, 0) is 21.4 Å². The molecule has 3 aliphatic heterocycles. The molecule has 5 heteroatoms. The van der Waals surface area contributed by atoms with Crippen LogP contribution in [0.3, 0.4) is 0 Å². The van der Waals surface area contributed by atoms with E-state index in [1.54, 1.807) is 0 Å². The van der Waals surface area contributed by atoms with Crippen molar-refractivity contribution in [2.24, 2.45) is 17.3 Å². The number of anilines is 2. The van der Waals surface area contributed by atoms with E-state index in [1.807, 2.05) is 75.4 Å². The standard InChI is InChI=1S/C37H40N2O3/c1-21(2)18-24-13-15-25(16-14-24)33(40)31-32(34(41)36(5,6)7)39-29-17-12-22(3)19-26(29)23(4)20-30(39)37(31)27-10-8-9-11-28(27)38-35(37)42/h8-17,19-21,30-32H,18H2,1-7H3,(H,38,42)/t30-,31+,32+,37-/m1/s1. The maximum Gasteiger partial charge on any atom is 0.238 e. The van der Waals surface area contributed by atoms with Crippen LogP contribution >= 0.6 is 0 Å². The summed E-state index contributed by atoms with van der Waals surface area (Å²) in [5, 5.41) is 3.12. The molecule has 3 aromatic carbocycles. The summed E-state index contributed by atoms with van der Waals surface area (Å²) in [5.74, 6) is -0.875. The van der Waals surface area contributed by atoms with Gasteiger partial charge in [-0.3, -0.25) is 14.4 Å². The van der Waals surface area contributed by atoms with E-state index in [4.69, 9.17) is 0 Å². The van der Waals surface area contributed by atoms with Gasteiger partial charge in [-0.15, -0.1) is 0 Å². The van der Waals surface area contributed by atoms with Gasteiger partial charge in [0.05, 0.1) is 12.0 Å². The van der Waals surface area contributed by atoms with Crippen molar-refractivity contribution in [2.45, 2.75) is 72.4 Å². The van der Waals surface area contributed by atoms with Crippen molar-refractivity contribution in [1.82, 2.24) is 0 Å². The van der Waals surface area contributed by atoms with Crippen molar-refractivity contribution < 1.29 is 14.4 Å². The Balaban J connectivity index is 1.64. The predicted molar refractivity (Wildman–Crippen MR) is 169 cm³/mol. The fraction of sp³-hybridized carbons (Fsp3) is 0.378. The molecule has 42 heavy (non-hydrogen) atoms. The topological polar surface area (TPSA) is 66.5 Å². The van der Waals surface area contributed by atoms with Crippen LogP contribution in [0.2, 0.25) is 0 Å². The lowest BCUT2D eigenvalue weighted by atomic mass is 9.63. The minimum atomic E-state index is -1.28. The fourth-order valence-electron chi connectivity index (χ4n) is 7.45. The first kappa shape index (κ1) is 28.1. The zero-order valence-corrected chi connectivity index (χ0v) is 25.6. The Hall–Kier alpha value is -3.99. The number of nitrogens with zero attached hydrogens (tertiary/aromatic N) is 1. The number of hydrogen-bond donors (Lipinski definition) is 1. The van der Waals surface area contributed by atoms with Crippen LogP contribution in [0, 0.1) is 24.2 Å². The lowest BCUT2D eigenvalue weighted by Crippen LogP contribution is -2.51. The summed E-state index contributed by atoms with van der Waals surface area (Å²) in [6.45, 7) is 14.2. The molecule has 1 amide bonds. The molecular formula is C37H40N2O3. The van der Waals surface area contributed by atoms with E-state index in [-0.39, 0.29) is 17.5 Å². The first-order valence-corrected chi connectivity index (χ1v) is 15.0. The summed E-state index contributed by atoms with van der Waals surface area (Å²) in [7, 11) is 0. The lowest BCUT2D eigenvalue weighted by molar-refractivity contribution is -0.128. The number of hydrogen-bond acceptors (Lipinski definition) is 4. The summed E-state index contributed by atoms with van der Waals surface area (Å²) >= 11 is 0. The number of Topliss-reactive ketones (excluding diaryl/α,β-unsaturated/α-hetero) is 2. The number of fused-ring (bicyclic) bond motifs is 6. The number of carbonyl (C=O) groups is 3. The van der Waals surface area contributed by atoms with Gasteiger partial charge >= 0.3 is 0 Å². The molecule has 0 unspecified atom stereocenters. The van der Waals surface area contributed by atoms with Crippen LogP contribution in [0.15, 0.2) is 72.8 Å². The number of allylic oxidation sites excluding steroid dienone is 1. The van der Waals surface area contributed by atoms with Gasteiger partial charge in [-0.05, 0) is 61.1 Å². The van der Waals surface area contributed by atoms with E-state index in [0.29, 0.717) is 17.2 Å². The first-order valence-electron chi connectivity index (χ1n) is 15.0. The third-order valence-electron chi connectivity index (χ3n) is 9.30. The molecular weight excluding hydrogens is 520 g/mol. The zero-order valence-electron chi connectivity index (χ0n) is 25.6. The lowest BCUT2D eigenvalue weighted by Gasteiger charge is -2.40. The number of aryl methyl sites for hydroxylation is 1. The van der Waals surface area contributed by atoms with E-state index in [1.165, 1.54) is 0 Å². The minimum Gasteiger partial charge on any atom is -0.352 e. The third-order valence-corrected chi connectivity index (χ3v) is 9.30. The third kappa shape index (κ3) is 4.08. The van der Waals surface area contributed by atoms with Gasteiger partial charge in [-0.1, -0.05) is 94.8 Å². The molecule has 3 heterocycles. The largest absolute Gasteiger partial charge is 0.352 e. The highest BCUT2D eigenvalue weighted by atomic mass is 16.2. The molecule has 0 aliphatic carbocycles. The second kappa shape index (κ2) is 9.79. The maximum absolute atomic E-state index is 15.0. The molecule has 1 saturated heterocycles. The summed E-state index contributed by atoms with van der Waals surface area (Å²) in [5.41, 5.74) is 5.24. The predicted octanol–water partition coefficient (Wildman–Crippen LogP) is 7.17. The van der Waals surface area contributed by atoms with E-state index < -0.39 is 28.8 Å². The van der Waals surface area contributed by atoms with Gasteiger partial charge in [0.2, 0.25) is 5.91 Å². The van der Waals surface area contributed by atoms with Crippen LogP contribution in [-0.4, -0.2) is 29.6 Å². The van der Waals surface area contributed by atoms with Crippen molar-refractivity contribution in [3.63, 3.8) is 0 Å². The number of ketones is 2. The molecule has 0 aromatic heterocycles. The van der Waals surface area contributed by atoms with Crippen molar-refractivity contribution >= 4 is 34.4 Å². The second-order valence-corrected chi connectivity index (χ2v) is 13.8. The Morgan fingerprint density at radius 1 is 0.976 bits per heavy atom. The monoisotopic (exact) mass is 560 g/mol. The average Bonchev–Trinajstić information content (AvgIpc) is 3.40. The fourth-order valence-corrected chi connectivity index (χ4v) is 7.45. The summed E-state index contributed by atoms with van der Waals surface area (Å²) in [6.07, 6.45) is 3.03. The summed E-state index contributed by atoms with van der Waals surface area (Å²) in [6, 6.07) is 20.3. The molecule has 0 radical (unpaired) electrons. The van der Waals surface area contributed by atoms with Crippen LogP contribution < -0.4 is 10.2 Å². The molecule has 5 nitrogen and oxygen atoms in total. The number of para-hydroxylation sites is 1. The highest BCUT2D eigenvalue weighted by Crippen LogP contribution is 2.59. The number of benzene rings is 3. The molecule has 0 saturated carbocycles. The van der Waals surface area contributed by atoms with Gasteiger partial charge < -0.3 is 10.2 Å². The number of carbonyl (C=O) groups excluding carboxylic acids is 3. The number of nitrogens with one attached hydrogen (secondary N) is 1. The normalized spacial score (nSPS) is 24.3. The van der Waals surface area contributed by atoms with Gasteiger partial charge in [0, 0.05) is 27.9 Å². The van der Waals surface area contributed by atoms with Crippen LogP contribution in [0.5, 0.6) is 0 Å². The first-order chi connectivity index (χ1) is 19.9. The van der Waals surface area contributed by atoms with E-state index in [2.05, 4.69) is 56.1 Å². The van der Waals surface area contributed by atoms with E-state index >= 15 is 0 Å². The van der Waals surface area contributed by atoms with Crippen LogP contribution in [0.4, 0.5) is 11.4 Å². The van der Waals surface area contributed by atoms with Crippen molar-refractivity contribution in [1.29, 1.82) is 0 Å². The Bertz CT molecular complexity index is 1640. The summed E-state index contributed by atoms with van der Waals surface area (Å²) in [4.78, 5) is 46.2. The quantitative estimate of drug-likeness (QED) is 0.336. The molecule has 3 aliphatic rings. The van der Waals surface area contributed by atoms with Crippen molar-refractivity contribution in [3.8, 4) is 0 Å². The highest BCUT2D eigenvalue weighted by Gasteiger charge is 2.71. The van der Waals surface area contributed by atoms with E-state index in [9.17, 15) is 14.4 Å². The smallest absolute Gasteiger partial charge is 0.238 e. The van der Waals surface area contributed by atoms with Crippen molar-refractivity contribution in [2.75, 3.05) is 10.2 Å². The molecule has 1 N–H and O–H groups in total. The van der Waals surface area contributed by atoms with Gasteiger partial charge in [0.1, 0.15) is 11.5 Å². The van der Waals surface area contributed by atoms with Gasteiger partial charge in [-0.25, -0.2) is 0 Å². The van der Waals surface area contributed by atoms with Crippen molar-refractivity contribution in [3.05, 3.63) is 101 Å². The summed E-state index contributed by atoms with van der Waals surface area (Å²) < 4.78 is 0. The Morgan fingerprint density at radius 3 is 2.33 bits per heavy atom. The minimum absolute atomic E-state index is 0.0455. The number of rotatable bonds is 5.